The van der Waals surface area contributed by atoms with Crippen LogP contribution in [-0.4, -0.2) is 22.1 Å². The SMILES string of the molecule is Cn1ccnc1C(NC(=O)CCOc1ccc(Cl)cc1)c1ccc(Cl)cc1. The summed E-state index contributed by atoms with van der Waals surface area (Å²) in [4.78, 5) is 16.8. The Balaban J connectivity index is 1.64. The lowest BCUT2D eigenvalue weighted by Gasteiger charge is -2.19. The molecule has 0 fully saturated rings. The molecule has 0 bridgehead atoms. The number of aryl methyl sites for hydroxylation is 1. The van der Waals surface area contributed by atoms with Gasteiger partial charge in [-0.05, 0) is 42.0 Å². The summed E-state index contributed by atoms with van der Waals surface area (Å²) in [5.74, 6) is 1.28. The van der Waals surface area contributed by atoms with Crippen LogP contribution in [0.25, 0.3) is 0 Å². The Labute approximate surface area is 167 Å². The predicted molar refractivity (Wildman–Crippen MR) is 106 cm³/mol. The van der Waals surface area contributed by atoms with E-state index in [-0.39, 0.29) is 25.0 Å². The van der Waals surface area contributed by atoms with E-state index in [1.165, 1.54) is 0 Å². The predicted octanol–water partition coefficient (Wildman–Crippen LogP) is 4.40. The normalized spacial score (nSPS) is 11.8. The number of nitrogens with one attached hydrogen (secondary N) is 1. The topological polar surface area (TPSA) is 56.2 Å². The van der Waals surface area contributed by atoms with Crippen LogP contribution in [0.2, 0.25) is 10.0 Å². The molecule has 1 amide bonds. The minimum absolute atomic E-state index is 0.132. The Morgan fingerprint density at radius 3 is 2.33 bits per heavy atom. The molecule has 1 atom stereocenters. The van der Waals surface area contributed by atoms with Gasteiger partial charge in [0, 0.05) is 29.5 Å². The van der Waals surface area contributed by atoms with Gasteiger partial charge in [0.1, 0.15) is 17.6 Å². The zero-order valence-electron chi connectivity index (χ0n) is 14.7. The molecule has 3 aromatic rings. The fraction of sp³-hybridized carbons (Fsp3) is 0.200. The highest BCUT2D eigenvalue weighted by Crippen LogP contribution is 2.22. The number of nitrogens with zero attached hydrogens (tertiary/aromatic N) is 2. The maximum absolute atomic E-state index is 12.5. The molecule has 0 aliphatic heterocycles. The van der Waals surface area contributed by atoms with Crippen LogP contribution in [0, 0.1) is 0 Å². The number of aromatic nitrogens is 2. The van der Waals surface area contributed by atoms with Gasteiger partial charge in [0.2, 0.25) is 5.91 Å². The summed E-state index contributed by atoms with van der Waals surface area (Å²) in [5, 5.41) is 4.30. The molecule has 27 heavy (non-hydrogen) atoms. The van der Waals surface area contributed by atoms with Crippen LogP contribution in [0.15, 0.2) is 60.9 Å². The van der Waals surface area contributed by atoms with Gasteiger partial charge in [0.05, 0.1) is 13.0 Å². The van der Waals surface area contributed by atoms with E-state index in [2.05, 4.69) is 10.3 Å². The van der Waals surface area contributed by atoms with Crippen LogP contribution >= 0.6 is 23.2 Å². The lowest BCUT2D eigenvalue weighted by Crippen LogP contribution is -2.31. The fourth-order valence-corrected chi connectivity index (χ4v) is 2.89. The Bertz CT molecular complexity index is 892. The van der Waals surface area contributed by atoms with E-state index in [0.717, 1.165) is 11.4 Å². The largest absolute Gasteiger partial charge is 0.493 e. The van der Waals surface area contributed by atoms with Crippen molar-refractivity contribution in [2.75, 3.05) is 6.61 Å². The van der Waals surface area contributed by atoms with Crippen molar-refractivity contribution in [2.45, 2.75) is 12.5 Å². The van der Waals surface area contributed by atoms with E-state index in [1.807, 2.05) is 29.9 Å². The molecule has 0 saturated heterocycles. The first-order valence-corrected chi connectivity index (χ1v) is 9.19. The van der Waals surface area contributed by atoms with Gasteiger partial charge in [-0.15, -0.1) is 0 Å². The quantitative estimate of drug-likeness (QED) is 0.635. The minimum atomic E-state index is -0.370. The van der Waals surface area contributed by atoms with Crippen molar-refractivity contribution in [2.24, 2.45) is 7.05 Å². The zero-order chi connectivity index (χ0) is 19.2. The molecule has 0 saturated carbocycles. The molecule has 1 heterocycles. The molecule has 140 valence electrons. The van der Waals surface area contributed by atoms with Gasteiger partial charge in [-0.1, -0.05) is 35.3 Å². The minimum Gasteiger partial charge on any atom is -0.493 e. The molecule has 1 N–H and O–H groups in total. The highest BCUT2D eigenvalue weighted by molar-refractivity contribution is 6.30. The number of imidazole rings is 1. The molecule has 0 spiro atoms. The Morgan fingerprint density at radius 1 is 1.11 bits per heavy atom. The summed E-state index contributed by atoms with van der Waals surface area (Å²) in [6.07, 6.45) is 3.76. The van der Waals surface area contributed by atoms with Crippen molar-refractivity contribution >= 4 is 29.1 Å². The van der Waals surface area contributed by atoms with Crippen molar-refractivity contribution in [1.82, 2.24) is 14.9 Å². The van der Waals surface area contributed by atoms with Crippen LogP contribution in [0.4, 0.5) is 0 Å². The van der Waals surface area contributed by atoms with E-state index in [4.69, 9.17) is 27.9 Å². The van der Waals surface area contributed by atoms with Gasteiger partial charge in [0.15, 0.2) is 0 Å². The Hall–Kier alpha value is -2.50. The summed E-state index contributed by atoms with van der Waals surface area (Å²) >= 11 is 11.8. The lowest BCUT2D eigenvalue weighted by molar-refractivity contribution is -0.122. The van der Waals surface area contributed by atoms with Crippen LogP contribution < -0.4 is 10.1 Å². The number of carbonyl (C=O) groups is 1. The fourth-order valence-electron chi connectivity index (χ4n) is 2.63. The maximum Gasteiger partial charge on any atom is 0.224 e. The smallest absolute Gasteiger partial charge is 0.224 e. The van der Waals surface area contributed by atoms with Crippen molar-refractivity contribution in [3.63, 3.8) is 0 Å². The molecule has 0 aliphatic carbocycles. The van der Waals surface area contributed by atoms with Crippen molar-refractivity contribution in [3.05, 3.63) is 82.4 Å². The number of benzene rings is 2. The number of ether oxygens (including phenoxy) is 1. The average molecular weight is 404 g/mol. The van der Waals surface area contributed by atoms with E-state index < -0.39 is 0 Å². The summed E-state index contributed by atoms with van der Waals surface area (Å²) in [6.45, 7) is 0.265. The summed E-state index contributed by atoms with van der Waals surface area (Å²) in [7, 11) is 1.89. The molecular formula is C20H19Cl2N3O2. The number of hydrogen-bond donors (Lipinski definition) is 1. The van der Waals surface area contributed by atoms with Crippen LogP contribution in [0.1, 0.15) is 23.9 Å². The van der Waals surface area contributed by atoms with E-state index in [9.17, 15) is 4.79 Å². The first-order valence-electron chi connectivity index (χ1n) is 8.43. The molecule has 0 aliphatic rings. The first-order chi connectivity index (χ1) is 13.0. The first kappa shape index (κ1) is 19.3. The third kappa shape index (κ3) is 5.25. The Morgan fingerprint density at radius 2 is 1.74 bits per heavy atom. The third-order valence-electron chi connectivity index (χ3n) is 4.04. The summed E-state index contributed by atoms with van der Waals surface area (Å²) in [5.41, 5.74) is 0.903. The van der Waals surface area contributed by atoms with Crippen molar-refractivity contribution in [3.8, 4) is 5.75 Å². The standard InChI is InChI=1S/C20H19Cl2N3O2/c1-25-12-11-23-20(25)19(14-2-4-15(21)5-3-14)24-18(26)10-13-27-17-8-6-16(22)7-9-17/h2-9,11-12,19H,10,13H2,1H3,(H,24,26). The highest BCUT2D eigenvalue weighted by atomic mass is 35.5. The van der Waals surface area contributed by atoms with Crippen molar-refractivity contribution in [1.29, 1.82) is 0 Å². The van der Waals surface area contributed by atoms with E-state index >= 15 is 0 Å². The van der Waals surface area contributed by atoms with E-state index in [0.29, 0.717) is 15.8 Å². The molecule has 5 nitrogen and oxygen atoms in total. The van der Waals surface area contributed by atoms with Crippen LogP contribution in [0.3, 0.4) is 0 Å². The Kier molecular flexibility index (Phi) is 6.37. The lowest BCUT2D eigenvalue weighted by atomic mass is 10.1. The highest BCUT2D eigenvalue weighted by Gasteiger charge is 2.20. The van der Waals surface area contributed by atoms with Gasteiger partial charge in [-0.3, -0.25) is 4.79 Å². The number of carbonyl (C=O) groups excluding carboxylic acids is 1. The van der Waals surface area contributed by atoms with Crippen LogP contribution in [0.5, 0.6) is 5.75 Å². The van der Waals surface area contributed by atoms with Crippen molar-refractivity contribution < 1.29 is 9.53 Å². The van der Waals surface area contributed by atoms with Gasteiger partial charge < -0.3 is 14.6 Å². The number of hydrogen-bond acceptors (Lipinski definition) is 3. The molecule has 3 rings (SSSR count). The van der Waals surface area contributed by atoms with Gasteiger partial charge >= 0.3 is 0 Å². The van der Waals surface area contributed by atoms with Crippen LogP contribution in [-0.2, 0) is 11.8 Å². The third-order valence-corrected chi connectivity index (χ3v) is 4.54. The molecule has 7 heteroatoms. The van der Waals surface area contributed by atoms with E-state index in [1.54, 1.807) is 42.6 Å². The van der Waals surface area contributed by atoms with Gasteiger partial charge in [0.25, 0.3) is 0 Å². The van der Waals surface area contributed by atoms with Gasteiger partial charge in [-0.2, -0.15) is 0 Å². The molecule has 1 unspecified atom stereocenters. The second-order valence-corrected chi connectivity index (χ2v) is 6.87. The molecule has 1 aromatic heterocycles. The zero-order valence-corrected chi connectivity index (χ0v) is 16.2. The van der Waals surface area contributed by atoms with Gasteiger partial charge in [-0.25, -0.2) is 4.98 Å². The number of halogens is 2. The molecule has 2 aromatic carbocycles. The number of amides is 1. The second kappa shape index (κ2) is 8.93. The monoisotopic (exact) mass is 403 g/mol. The maximum atomic E-state index is 12.5. The molecule has 0 radical (unpaired) electrons. The summed E-state index contributed by atoms with van der Waals surface area (Å²) in [6, 6.07) is 14.0. The average Bonchev–Trinajstić information content (AvgIpc) is 3.08. The summed E-state index contributed by atoms with van der Waals surface area (Å²) < 4.78 is 7.47. The molecular weight excluding hydrogens is 385 g/mol. The second-order valence-electron chi connectivity index (χ2n) is 6.00. The number of rotatable bonds is 7.